The fraction of sp³-hybridized carbons (Fsp3) is 0.300. The molecule has 0 unspecified atom stereocenters. The minimum Gasteiger partial charge on any atom is -0.373 e. The van der Waals surface area contributed by atoms with Crippen LogP contribution in [0.1, 0.15) is 18.4 Å². The summed E-state index contributed by atoms with van der Waals surface area (Å²) in [5.74, 6) is -1.93. The van der Waals surface area contributed by atoms with Crippen molar-refractivity contribution in [3.05, 3.63) is 64.9 Å². The third kappa shape index (κ3) is 4.82. The first kappa shape index (κ1) is 20.6. The van der Waals surface area contributed by atoms with Gasteiger partial charge in [-0.15, -0.1) is 11.6 Å². The molecular formula is C20H19Cl2FN2O3. The predicted molar refractivity (Wildman–Crippen MR) is 106 cm³/mol. The molecule has 0 bridgehead atoms. The Balaban J connectivity index is 1.65. The highest BCUT2D eigenvalue weighted by molar-refractivity contribution is 6.30. The van der Waals surface area contributed by atoms with Crippen molar-refractivity contribution >= 4 is 40.7 Å². The molecule has 0 aliphatic heterocycles. The summed E-state index contributed by atoms with van der Waals surface area (Å²) in [5, 5.41) is 5.39. The molecule has 1 fully saturated rings. The quantitative estimate of drug-likeness (QED) is 0.662. The molecule has 2 N–H and O–H groups in total. The lowest BCUT2D eigenvalue weighted by Crippen LogP contribution is -2.66. The topological polar surface area (TPSA) is 67.4 Å². The van der Waals surface area contributed by atoms with Crippen LogP contribution in [-0.2, 0) is 20.9 Å². The van der Waals surface area contributed by atoms with Crippen molar-refractivity contribution in [1.29, 1.82) is 0 Å². The fourth-order valence-electron chi connectivity index (χ4n) is 3.10. The number of halogens is 3. The van der Waals surface area contributed by atoms with Gasteiger partial charge in [0.05, 0.1) is 18.4 Å². The van der Waals surface area contributed by atoms with E-state index in [4.69, 9.17) is 27.9 Å². The number of anilines is 1. The minimum absolute atomic E-state index is 0.0115. The maximum absolute atomic E-state index is 14.0. The molecule has 0 spiro atoms. The van der Waals surface area contributed by atoms with Crippen LogP contribution in [-0.4, -0.2) is 29.3 Å². The van der Waals surface area contributed by atoms with Crippen molar-refractivity contribution < 1.29 is 18.7 Å². The SMILES string of the molecule is O=C(CCl)NC1(C(=O)Nc2ccc(Cl)cc2F)CC(OCc2ccccc2)C1. The number of carbonyl (C=O) groups excluding carboxylic acids is 2. The van der Waals surface area contributed by atoms with Crippen LogP contribution in [0.3, 0.4) is 0 Å². The number of ether oxygens (including phenoxy) is 1. The zero-order valence-corrected chi connectivity index (χ0v) is 16.4. The molecule has 0 atom stereocenters. The number of carbonyl (C=O) groups is 2. The summed E-state index contributed by atoms with van der Waals surface area (Å²) < 4.78 is 19.8. The van der Waals surface area contributed by atoms with Crippen LogP contribution >= 0.6 is 23.2 Å². The Morgan fingerprint density at radius 2 is 1.89 bits per heavy atom. The molecule has 2 amide bonds. The van der Waals surface area contributed by atoms with Crippen LogP contribution < -0.4 is 10.6 Å². The predicted octanol–water partition coefficient (Wildman–Crippen LogP) is 3.89. The van der Waals surface area contributed by atoms with Crippen molar-refractivity contribution in [2.45, 2.75) is 31.1 Å². The first-order valence-corrected chi connectivity index (χ1v) is 9.62. The second-order valence-corrected chi connectivity index (χ2v) is 7.37. The molecule has 0 saturated heterocycles. The van der Waals surface area contributed by atoms with Crippen molar-refractivity contribution in [2.75, 3.05) is 11.2 Å². The second kappa shape index (κ2) is 8.90. The second-order valence-electron chi connectivity index (χ2n) is 6.67. The summed E-state index contributed by atoms with van der Waals surface area (Å²) in [6.45, 7) is 0.401. The molecule has 0 aromatic heterocycles. The lowest BCUT2D eigenvalue weighted by molar-refractivity contribution is -0.142. The number of rotatable bonds is 7. The van der Waals surface area contributed by atoms with E-state index in [9.17, 15) is 14.0 Å². The van der Waals surface area contributed by atoms with Gasteiger partial charge in [0.2, 0.25) is 11.8 Å². The average Bonchev–Trinajstić information content (AvgIpc) is 2.66. The highest BCUT2D eigenvalue weighted by Gasteiger charge is 2.52. The smallest absolute Gasteiger partial charge is 0.250 e. The Morgan fingerprint density at radius 3 is 2.54 bits per heavy atom. The van der Waals surface area contributed by atoms with E-state index in [1.54, 1.807) is 0 Å². The van der Waals surface area contributed by atoms with E-state index in [0.717, 1.165) is 11.6 Å². The van der Waals surface area contributed by atoms with Gasteiger partial charge in [-0.1, -0.05) is 41.9 Å². The third-order valence-corrected chi connectivity index (χ3v) is 5.07. The van der Waals surface area contributed by atoms with Gasteiger partial charge in [0.25, 0.3) is 0 Å². The van der Waals surface area contributed by atoms with Crippen LogP contribution in [0.5, 0.6) is 0 Å². The third-order valence-electron chi connectivity index (χ3n) is 4.59. The van der Waals surface area contributed by atoms with E-state index < -0.39 is 23.2 Å². The maximum atomic E-state index is 14.0. The average molecular weight is 425 g/mol. The summed E-state index contributed by atoms with van der Waals surface area (Å²) in [7, 11) is 0. The van der Waals surface area contributed by atoms with E-state index >= 15 is 0 Å². The molecular weight excluding hydrogens is 406 g/mol. The van der Waals surface area contributed by atoms with E-state index in [2.05, 4.69) is 10.6 Å². The number of alkyl halides is 1. The molecule has 1 aliphatic rings. The fourth-order valence-corrected chi connectivity index (χ4v) is 3.33. The van der Waals surface area contributed by atoms with Gasteiger partial charge < -0.3 is 15.4 Å². The first-order chi connectivity index (χ1) is 13.4. The molecule has 0 radical (unpaired) electrons. The standard InChI is InChI=1S/C20H19Cl2FN2O3/c21-11-18(26)25-20(19(27)24-17-7-6-14(22)8-16(17)23)9-15(10-20)28-12-13-4-2-1-3-5-13/h1-8,15H,9-12H2,(H,24,27)(H,25,26). The lowest BCUT2D eigenvalue weighted by Gasteiger charge is -2.46. The highest BCUT2D eigenvalue weighted by Crippen LogP contribution is 2.37. The molecule has 2 aromatic rings. The molecule has 28 heavy (non-hydrogen) atoms. The van der Waals surface area contributed by atoms with Crippen LogP contribution in [0.4, 0.5) is 10.1 Å². The summed E-state index contributed by atoms with van der Waals surface area (Å²) >= 11 is 11.3. The van der Waals surface area contributed by atoms with Crippen molar-refractivity contribution in [3.8, 4) is 0 Å². The molecule has 1 aliphatic carbocycles. The van der Waals surface area contributed by atoms with Gasteiger partial charge in [0.15, 0.2) is 0 Å². The maximum Gasteiger partial charge on any atom is 0.250 e. The van der Waals surface area contributed by atoms with Gasteiger partial charge in [0, 0.05) is 17.9 Å². The number of amides is 2. The Bertz CT molecular complexity index is 858. The molecule has 8 heteroatoms. The Morgan fingerprint density at radius 1 is 1.18 bits per heavy atom. The van der Waals surface area contributed by atoms with Crippen LogP contribution in [0, 0.1) is 5.82 Å². The molecule has 0 heterocycles. The van der Waals surface area contributed by atoms with Crippen molar-refractivity contribution in [1.82, 2.24) is 5.32 Å². The van der Waals surface area contributed by atoms with E-state index in [0.29, 0.717) is 6.61 Å². The molecule has 3 rings (SSSR count). The molecule has 2 aromatic carbocycles. The lowest BCUT2D eigenvalue weighted by atomic mass is 9.73. The van der Waals surface area contributed by atoms with Gasteiger partial charge >= 0.3 is 0 Å². The Labute approximate surface area is 172 Å². The van der Waals surface area contributed by atoms with Gasteiger partial charge in [-0.2, -0.15) is 0 Å². The number of benzene rings is 2. The zero-order chi connectivity index (χ0) is 20.1. The number of hydrogen-bond acceptors (Lipinski definition) is 3. The summed E-state index contributed by atoms with van der Waals surface area (Å²) in [4.78, 5) is 24.6. The van der Waals surface area contributed by atoms with Crippen LogP contribution in [0.2, 0.25) is 5.02 Å². The number of hydrogen-bond donors (Lipinski definition) is 2. The molecule has 5 nitrogen and oxygen atoms in total. The van der Waals surface area contributed by atoms with Gasteiger partial charge in [-0.3, -0.25) is 9.59 Å². The number of nitrogens with one attached hydrogen (secondary N) is 2. The molecule has 1 saturated carbocycles. The summed E-state index contributed by atoms with van der Waals surface area (Å²) in [5.41, 5.74) is -0.195. The Kier molecular flexibility index (Phi) is 6.54. The molecule has 148 valence electrons. The van der Waals surface area contributed by atoms with Gasteiger partial charge in [-0.05, 0) is 23.8 Å². The highest BCUT2D eigenvalue weighted by atomic mass is 35.5. The van der Waals surface area contributed by atoms with Crippen LogP contribution in [0.15, 0.2) is 48.5 Å². The Hall–Kier alpha value is -2.15. The largest absolute Gasteiger partial charge is 0.373 e. The van der Waals surface area contributed by atoms with Gasteiger partial charge in [0.1, 0.15) is 17.2 Å². The first-order valence-electron chi connectivity index (χ1n) is 8.71. The zero-order valence-electron chi connectivity index (χ0n) is 14.9. The van der Waals surface area contributed by atoms with E-state index in [1.807, 2.05) is 30.3 Å². The van der Waals surface area contributed by atoms with Crippen LogP contribution in [0.25, 0.3) is 0 Å². The monoisotopic (exact) mass is 424 g/mol. The van der Waals surface area contributed by atoms with E-state index in [1.165, 1.54) is 12.1 Å². The van der Waals surface area contributed by atoms with Crippen molar-refractivity contribution in [2.24, 2.45) is 0 Å². The summed E-state index contributed by atoms with van der Waals surface area (Å²) in [6.07, 6.45) is 0.323. The summed E-state index contributed by atoms with van der Waals surface area (Å²) in [6, 6.07) is 13.6. The normalized spacial score (nSPS) is 20.9. The van der Waals surface area contributed by atoms with Crippen molar-refractivity contribution in [3.63, 3.8) is 0 Å². The van der Waals surface area contributed by atoms with Gasteiger partial charge in [-0.25, -0.2) is 4.39 Å². The minimum atomic E-state index is -1.20. The van der Waals surface area contributed by atoms with E-state index in [-0.39, 0.29) is 35.5 Å².